The summed E-state index contributed by atoms with van der Waals surface area (Å²) in [6, 6.07) is 3.66. The average Bonchev–Trinajstić information content (AvgIpc) is 2.21. The second-order valence-corrected chi connectivity index (χ2v) is 3.73. The number of likely N-dealkylation sites (N-methyl/N-ethyl adjacent to an activating group) is 1. The zero-order valence-corrected chi connectivity index (χ0v) is 9.84. The standard InChI is InChI=1S/C11H14ClNO2/c1-8-6-11(15-3)10(7-9(8)12)13(2)4-5-14/h5-7H,4H2,1-3H3. The van der Waals surface area contributed by atoms with Crippen molar-refractivity contribution >= 4 is 23.6 Å². The molecule has 0 heterocycles. The predicted octanol–water partition coefficient (Wildman–Crippen LogP) is 2.29. The number of hydrogen-bond donors (Lipinski definition) is 0. The predicted molar refractivity (Wildman–Crippen MR) is 62.1 cm³/mol. The molecular formula is C11H14ClNO2. The second-order valence-electron chi connectivity index (χ2n) is 3.32. The van der Waals surface area contributed by atoms with Crippen LogP contribution in [0, 0.1) is 6.92 Å². The molecule has 0 spiro atoms. The Labute approximate surface area is 94.6 Å². The molecule has 0 unspecified atom stereocenters. The Morgan fingerprint density at radius 3 is 2.73 bits per heavy atom. The lowest BCUT2D eigenvalue weighted by Crippen LogP contribution is -2.20. The molecule has 1 aromatic carbocycles. The number of benzene rings is 1. The summed E-state index contributed by atoms with van der Waals surface area (Å²) in [4.78, 5) is 12.2. The molecule has 0 atom stereocenters. The van der Waals surface area contributed by atoms with Gasteiger partial charge in [-0.05, 0) is 24.6 Å². The number of halogens is 1. The van der Waals surface area contributed by atoms with E-state index in [0.717, 1.165) is 23.3 Å². The number of anilines is 1. The van der Waals surface area contributed by atoms with Gasteiger partial charge in [-0.1, -0.05) is 11.6 Å². The van der Waals surface area contributed by atoms with Crippen LogP contribution < -0.4 is 9.64 Å². The van der Waals surface area contributed by atoms with Gasteiger partial charge in [0, 0.05) is 12.1 Å². The van der Waals surface area contributed by atoms with Crippen LogP contribution in [0.3, 0.4) is 0 Å². The second kappa shape index (κ2) is 5.03. The zero-order valence-electron chi connectivity index (χ0n) is 9.08. The highest BCUT2D eigenvalue weighted by atomic mass is 35.5. The number of nitrogens with zero attached hydrogens (tertiary/aromatic N) is 1. The van der Waals surface area contributed by atoms with Gasteiger partial charge in [-0.15, -0.1) is 0 Å². The third kappa shape index (κ3) is 2.63. The molecule has 0 aliphatic carbocycles. The van der Waals surface area contributed by atoms with Crippen LogP contribution in [-0.4, -0.2) is 27.0 Å². The van der Waals surface area contributed by atoms with E-state index in [1.165, 1.54) is 0 Å². The van der Waals surface area contributed by atoms with E-state index < -0.39 is 0 Å². The summed E-state index contributed by atoms with van der Waals surface area (Å²) >= 11 is 6.02. The van der Waals surface area contributed by atoms with Crippen molar-refractivity contribution in [2.45, 2.75) is 6.92 Å². The number of ether oxygens (including phenoxy) is 1. The molecule has 1 aromatic rings. The van der Waals surface area contributed by atoms with E-state index in [4.69, 9.17) is 16.3 Å². The molecule has 0 saturated heterocycles. The number of hydrogen-bond acceptors (Lipinski definition) is 3. The number of aryl methyl sites for hydroxylation is 1. The third-order valence-electron chi connectivity index (χ3n) is 2.22. The Bertz CT molecular complexity index is 366. The Kier molecular flexibility index (Phi) is 3.97. The van der Waals surface area contributed by atoms with Crippen molar-refractivity contribution in [3.05, 3.63) is 22.7 Å². The summed E-state index contributed by atoms with van der Waals surface area (Å²) in [5.41, 5.74) is 1.77. The van der Waals surface area contributed by atoms with Crippen molar-refractivity contribution in [2.75, 3.05) is 25.6 Å². The van der Waals surface area contributed by atoms with Gasteiger partial charge in [0.25, 0.3) is 0 Å². The smallest absolute Gasteiger partial charge is 0.142 e. The van der Waals surface area contributed by atoms with Crippen LogP contribution in [0.4, 0.5) is 5.69 Å². The van der Waals surface area contributed by atoms with Gasteiger partial charge in [-0.25, -0.2) is 0 Å². The zero-order chi connectivity index (χ0) is 11.4. The Morgan fingerprint density at radius 1 is 1.53 bits per heavy atom. The first-order valence-corrected chi connectivity index (χ1v) is 4.97. The van der Waals surface area contributed by atoms with Crippen LogP contribution in [0.2, 0.25) is 5.02 Å². The third-order valence-corrected chi connectivity index (χ3v) is 2.63. The van der Waals surface area contributed by atoms with Crippen molar-refractivity contribution in [3.8, 4) is 5.75 Å². The summed E-state index contributed by atoms with van der Waals surface area (Å²) < 4.78 is 5.23. The SMILES string of the molecule is COc1cc(C)c(Cl)cc1N(C)CC=O. The van der Waals surface area contributed by atoms with E-state index in [0.29, 0.717) is 11.6 Å². The van der Waals surface area contributed by atoms with Gasteiger partial charge in [0.1, 0.15) is 12.0 Å². The van der Waals surface area contributed by atoms with Gasteiger partial charge >= 0.3 is 0 Å². The lowest BCUT2D eigenvalue weighted by atomic mass is 10.2. The van der Waals surface area contributed by atoms with Gasteiger partial charge in [0.2, 0.25) is 0 Å². The van der Waals surface area contributed by atoms with Crippen molar-refractivity contribution in [3.63, 3.8) is 0 Å². The summed E-state index contributed by atoms with van der Waals surface area (Å²) in [7, 11) is 3.42. The molecule has 0 N–H and O–H groups in total. The van der Waals surface area contributed by atoms with E-state index >= 15 is 0 Å². The fourth-order valence-corrected chi connectivity index (χ4v) is 1.47. The Balaban J connectivity index is 3.14. The molecule has 0 aliphatic rings. The molecule has 0 bridgehead atoms. The first-order valence-electron chi connectivity index (χ1n) is 4.59. The normalized spacial score (nSPS) is 9.87. The maximum absolute atomic E-state index is 10.4. The van der Waals surface area contributed by atoms with E-state index in [2.05, 4.69) is 0 Å². The monoisotopic (exact) mass is 227 g/mol. The summed E-state index contributed by atoms with van der Waals surface area (Å²) in [5, 5.41) is 0.670. The van der Waals surface area contributed by atoms with Crippen molar-refractivity contribution in [1.82, 2.24) is 0 Å². The average molecular weight is 228 g/mol. The minimum atomic E-state index is 0.315. The van der Waals surface area contributed by atoms with Crippen LogP contribution in [0.1, 0.15) is 5.56 Å². The van der Waals surface area contributed by atoms with Crippen LogP contribution in [0.25, 0.3) is 0 Å². The highest BCUT2D eigenvalue weighted by Crippen LogP contribution is 2.32. The van der Waals surface area contributed by atoms with Gasteiger partial charge < -0.3 is 14.4 Å². The van der Waals surface area contributed by atoms with E-state index in [-0.39, 0.29) is 0 Å². The molecule has 3 nitrogen and oxygen atoms in total. The lowest BCUT2D eigenvalue weighted by Gasteiger charge is -2.20. The van der Waals surface area contributed by atoms with Crippen LogP contribution in [0.5, 0.6) is 5.75 Å². The van der Waals surface area contributed by atoms with Crippen LogP contribution in [0.15, 0.2) is 12.1 Å². The molecule has 0 amide bonds. The van der Waals surface area contributed by atoms with Crippen molar-refractivity contribution in [2.24, 2.45) is 0 Å². The number of aldehydes is 1. The van der Waals surface area contributed by atoms with Gasteiger partial charge in [0.05, 0.1) is 19.3 Å². The molecule has 0 aliphatic heterocycles. The van der Waals surface area contributed by atoms with Crippen LogP contribution in [-0.2, 0) is 4.79 Å². The first-order chi connectivity index (χ1) is 7.10. The van der Waals surface area contributed by atoms with Gasteiger partial charge in [-0.3, -0.25) is 0 Å². The van der Waals surface area contributed by atoms with E-state index in [9.17, 15) is 4.79 Å². The van der Waals surface area contributed by atoms with Gasteiger partial charge in [0.15, 0.2) is 0 Å². The number of carbonyl (C=O) groups is 1. The number of methoxy groups -OCH3 is 1. The quantitative estimate of drug-likeness (QED) is 0.740. The molecular weight excluding hydrogens is 214 g/mol. The minimum absolute atomic E-state index is 0.315. The minimum Gasteiger partial charge on any atom is -0.495 e. The summed E-state index contributed by atoms with van der Waals surface area (Å²) in [6.07, 6.45) is 0.840. The van der Waals surface area contributed by atoms with Crippen LogP contribution >= 0.6 is 11.6 Å². The van der Waals surface area contributed by atoms with E-state index in [1.54, 1.807) is 18.1 Å². The fourth-order valence-electron chi connectivity index (χ4n) is 1.32. The van der Waals surface area contributed by atoms with Gasteiger partial charge in [-0.2, -0.15) is 0 Å². The topological polar surface area (TPSA) is 29.5 Å². The molecule has 4 heteroatoms. The summed E-state index contributed by atoms with van der Waals surface area (Å²) in [6.45, 7) is 2.23. The molecule has 0 radical (unpaired) electrons. The number of carbonyl (C=O) groups excluding carboxylic acids is 1. The Hall–Kier alpha value is -1.22. The molecule has 0 saturated carbocycles. The molecule has 1 rings (SSSR count). The van der Waals surface area contributed by atoms with Crippen molar-refractivity contribution in [1.29, 1.82) is 0 Å². The lowest BCUT2D eigenvalue weighted by molar-refractivity contribution is -0.106. The molecule has 15 heavy (non-hydrogen) atoms. The maximum Gasteiger partial charge on any atom is 0.142 e. The highest BCUT2D eigenvalue weighted by molar-refractivity contribution is 6.31. The summed E-state index contributed by atoms with van der Waals surface area (Å²) in [5.74, 6) is 0.723. The van der Waals surface area contributed by atoms with Crippen molar-refractivity contribution < 1.29 is 9.53 Å². The number of rotatable bonds is 4. The largest absolute Gasteiger partial charge is 0.495 e. The fraction of sp³-hybridized carbons (Fsp3) is 0.364. The Morgan fingerprint density at radius 2 is 2.20 bits per heavy atom. The maximum atomic E-state index is 10.4. The highest BCUT2D eigenvalue weighted by Gasteiger charge is 2.10. The first kappa shape index (κ1) is 11.9. The molecule has 0 aromatic heterocycles. The van der Waals surface area contributed by atoms with E-state index in [1.807, 2.05) is 20.0 Å². The molecule has 82 valence electrons. The molecule has 0 fully saturated rings.